The molecule has 0 bridgehead atoms. The molecule has 0 saturated carbocycles. The van der Waals surface area contributed by atoms with Crippen molar-refractivity contribution in [1.82, 2.24) is 0 Å². The van der Waals surface area contributed by atoms with Gasteiger partial charge < -0.3 is 5.73 Å². The van der Waals surface area contributed by atoms with Gasteiger partial charge in [0, 0.05) is 6.04 Å². The van der Waals surface area contributed by atoms with Crippen LogP contribution in [0.25, 0.3) is 0 Å². The Kier molecular flexibility index (Phi) is 4.11. The molecule has 0 fully saturated rings. The van der Waals surface area contributed by atoms with Crippen LogP contribution in [-0.2, 0) is 6.42 Å². The van der Waals surface area contributed by atoms with Crippen LogP contribution in [0.1, 0.15) is 29.2 Å². The lowest BCUT2D eigenvalue weighted by atomic mass is 9.97. The van der Waals surface area contributed by atoms with Crippen LogP contribution >= 0.6 is 0 Å². The molecule has 0 heterocycles. The third-order valence-corrected chi connectivity index (χ3v) is 3.26. The van der Waals surface area contributed by atoms with Crippen LogP contribution in [-0.4, -0.2) is 0 Å². The second-order valence-electron chi connectivity index (χ2n) is 4.63. The third-order valence-electron chi connectivity index (χ3n) is 3.26. The first kappa shape index (κ1) is 12.8. The fraction of sp³-hybridized carbons (Fsp3) is 0.250. The molecule has 0 saturated heterocycles. The molecule has 18 heavy (non-hydrogen) atoms. The van der Waals surface area contributed by atoms with Crippen LogP contribution in [0, 0.1) is 12.7 Å². The highest BCUT2D eigenvalue weighted by Crippen LogP contribution is 2.19. The molecule has 0 aromatic heterocycles. The highest BCUT2D eigenvalue weighted by atomic mass is 19.1. The summed E-state index contributed by atoms with van der Waals surface area (Å²) in [7, 11) is 0. The van der Waals surface area contributed by atoms with E-state index in [0.29, 0.717) is 0 Å². The summed E-state index contributed by atoms with van der Waals surface area (Å²) in [4.78, 5) is 0. The van der Waals surface area contributed by atoms with Gasteiger partial charge in [0.25, 0.3) is 0 Å². The first-order valence-electron chi connectivity index (χ1n) is 6.22. The van der Waals surface area contributed by atoms with Crippen LogP contribution in [0.15, 0.2) is 48.5 Å². The smallest absolute Gasteiger partial charge is 0.123 e. The molecule has 2 aromatic carbocycles. The topological polar surface area (TPSA) is 26.0 Å². The zero-order valence-corrected chi connectivity index (χ0v) is 10.6. The molecule has 2 rings (SSSR count). The minimum Gasteiger partial charge on any atom is -0.324 e. The van der Waals surface area contributed by atoms with Crippen LogP contribution in [0.3, 0.4) is 0 Å². The van der Waals surface area contributed by atoms with E-state index < -0.39 is 0 Å². The SMILES string of the molecule is Cc1ccccc1CCC(N)c1cccc(F)c1. The normalized spacial score (nSPS) is 12.4. The molecule has 0 spiro atoms. The highest BCUT2D eigenvalue weighted by Gasteiger charge is 2.07. The molecule has 1 unspecified atom stereocenters. The molecule has 1 nitrogen and oxygen atoms in total. The van der Waals surface area contributed by atoms with Crippen LogP contribution < -0.4 is 5.73 Å². The first-order valence-corrected chi connectivity index (χ1v) is 6.22. The van der Waals surface area contributed by atoms with E-state index in [1.54, 1.807) is 6.07 Å². The predicted octanol–water partition coefficient (Wildman–Crippen LogP) is 3.77. The zero-order valence-electron chi connectivity index (χ0n) is 10.6. The van der Waals surface area contributed by atoms with Gasteiger partial charge in [-0.1, -0.05) is 36.4 Å². The van der Waals surface area contributed by atoms with Crippen molar-refractivity contribution in [2.75, 3.05) is 0 Å². The number of hydrogen-bond donors (Lipinski definition) is 1. The number of aryl methyl sites for hydroxylation is 2. The van der Waals surface area contributed by atoms with Crippen molar-refractivity contribution < 1.29 is 4.39 Å². The minimum atomic E-state index is -0.223. The Bertz CT molecular complexity index is 522. The Morgan fingerprint density at radius 3 is 2.61 bits per heavy atom. The fourth-order valence-electron chi connectivity index (χ4n) is 2.11. The Balaban J connectivity index is 2.00. The summed E-state index contributed by atoms with van der Waals surface area (Å²) >= 11 is 0. The largest absolute Gasteiger partial charge is 0.324 e. The van der Waals surface area contributed by atoms with Crippen molar-refractivity contribution in [2.24, 2.45) is 5.73 Å². The van der Waals surface area contributed by atoms with E-state index in [1.807, 2.05) is 18.2 Å². The highest BCUT2D eigenvalue weighted by molar-refractivity contribution is 5.26. The van der Waals surface area contributed by atoms with E-state index >= 15 is 0 Å². The minimum absolute atomic E-state index is 0.111. The van der Waals surface area contributed by atoms with E-state index in [4.69, 9.17) is 5.73 Å². The summed E-state index contributed by atoms with van der Waals surface area (Å²) in [6, 6.07) is 14.7. The summed E-state index contributed by atoms with van der Waals surface area (Å²) in [6.07, 6.45) is 1.75. The second kappa shape index (κ2) is 5.78. The molecule has 94 valence electrons. The van der Waals surface area contributed by atoms with Gasteiger partial charge in [0.2, 0.25) is 0 Å². The summed E-state index contributed by atoms with van der Waals surface area (Å²) < 4.78 is 13.1. The number of nitrogens with two attached hydrogens (primary N) is 1. The average Bonchev–Trinajstić information content (AvgIpc) is 2.37. The Labute approximate surface area is 107 Å². The lowest BCUT2D eigenvalue weighted by Gasteiger charge is -2.13. The maximum atomic E-state index is 13.1. The second-order valence-corrected chi connectivity index (χ2v) is 4.63. The average molecular weight is 243 g/mol. The van der Waals surface area contributed by atoms with Gasteiger partial charge in [-0.25, -0.2) is 4.39 Å². The fourth-order valence-corrected chi connectivity index (χ4v) is 2.11. The van der Waals surface area contributed by atoms with Gasteiger partial charge in [-0.05, 0) is 48.6 Å². The van der Waals surface area contributed by atoms with E-state index in [-0.39, 0.29) is 11.9 Å². The third kappa shape index (κ3) is 3.17. The van der Waals surface area contributed by atoms with Crippen LogP contribution in [0.5, 0.6) is 0 Å². The first-order chi connectivity index (χ1) is 8.66. The van der Waals surface area contributed by atoms with Gasteiger partial charge in [-0.15, -0.1) is 0 Å². The number of halogens is 1. The predicted molar refractivity (Wildman–Crippen MR) is 72.8 cm³/mol. The van der Waals surface area contributed by atoms with Gasteiger partial charge in [0.05, 0.1) is 0 Å². The molecule has 0 aliphatic carbocycles. The van der Waals surface area contributed by atoms with Gasteiger partial charge in [-0.2, -0.15) is 0 Å². The molecule has 0 amide bonds. The van der Waals surface area contributed by atoms with Crippen molar-refractivity contribution in [2.45, 2.75) is 25.8 Å². The van der Waals surface area contributed by atoms with E-state index in [1.165, 1.54) is 23.3 Å². The molecule has 0 aliphatic rings. The summed E-state index contributed by atoms with van der Waals surface area (Å²) in [5.74, 6) is -0.223. The van der Waals surface area contributed by atoms with Crippen molar-refractivity contribution in [3.8, 4) is 0 Å². The van der Waals surface area contributed by atoms with Gasteiger partial charge in [-0.3, -0.25) is 0 Å². The standard InChI is InChI=1S/C16H18FN/c1-12-5-2-3-6-13(12)9-10-16(18)14-7-4-8-15(17)11-14/h2-8,11,16H,9-10,18H2,1H3. The van der Waals surface area contributed by atoms with Crippen LogP contribution in [0.4, 0.5) is 4.39 Å². The molecule has 2 aromatic rings. The molecule has 1 atom stereocenters. The van der Waals surface area contributed by atoms with Crippen molar-refractivity contribution in [3.63, 3.8) is 0 Å². The summed E-state index contributed by atoms with van der Waals surface area (Å²) in [5.41, 5.74) is 9.55. The number of rotatable bonds is 4. The lowest BCUT2D eigenvalue weighted by Crippen LogP contribution is -2.11. The molecular weight excluding hydrogens is 225 g/mol. The van der Waals surface area contributed by atoms with Crippen LogP contribution in [0.2, 0.25) is 0 Å². The number of hydrogen-bond acceptors (Lipinski definition) is 1. The van der Waals surface area contributed by atoms with E-state index in [2.05, 4.69) is 19.1 Å². The quantitative estimate of drug-likeness (QED) is 0.869. The molecule has 0 aliphatic heterocycles. The molecule has 2 heteroatoms. The van der Waals surface area contributed by atoms with Gasteiger partial charge in [0.1, 0.15) is 5.82 Å². The van der Waals surface area contributed by atoms with Gasteiger partial charge >= 0.3 is 0 Å². The monoisotopic (exact) mass is 243 g/mol. The molecule has 2 N–H and O–H groups in total. The Hall–Kier alpha value is -1.67. The summed E-state index contributed by atoms with van der Waals surface area (Å²) in [6.45, 7) is 2.10. The molecular formula is C16H18FN. The molecule has 0 radical (unpaired) electrons. The van der Waals surface area contributed by atoms with Crippen molar-refractivity contribution in [3.05, 3.63) is 71.0 Å². The Morgan fingerprint density at radius 1 is 1.11 bits per heavy atom. The maximum absolute atomic E-state index is 13.1. The maximum Gasteiger partial charge on any atom is 0.123 e. The van der Waals surface area contributed by atoms with E-state index in [9.17, 15) is 4.39 Å². The summed E-state index contributed by atoms with van der Waals surface area (Å²) in [5, 5.41) is 0. The van der Waals surface area contributed by atoms with Gasteiger partial charge in [0.15, 0.2) is 0 Å². The zero-order chi connectivity index (χ0) is 13.0. The van der Waals surface area contributed by atoms with Crippen molar-refractivity contribution >= 4 is 0 Å². The van der Waals surface area contributed by atoms with E-state index in [0.717, 1.165) is 18.4 Å². The lowest BCUT2D eigenvalue weighted by molar-refractivity contribution is 0.609. The van der Waals surface area contributed by atoms with Crippen molar-refractivity contribution in [1.29, 1.82) is 0 Å². The Morgan fingerprint density at radius 2 is 1.89 bits per heavy atom. The number of benzene rings is 2.